The molecule has 0 spiro atoms. The second-order valence-electron chi connectivity index (χ2n) is 6.09. The minimum Gasteiger partial charge on any atom is -0.385 e. The molecule has 1 aliphatic rings. The van der Waals surface area contributed by atoms with Crippen molar-refractivity contribution in [2.24, 2.45) is 0 Å². The number of benzene rings is 1. The largest absolute Gasteiger partial charge is 0.385 e. The summed E-state index contributed by atoms with van der Waals surface area (Å²) in [6.45, 7) is 1.06. The van der Waals surface area contributed by atoms with Crippen LogP contribution in [0.5, 0.6) is 0 Å². The predicted molar refractivity (Wildman–Crippen MR) is 92.5 cm³/mol. The monoisotopic (exact) mass is 354 g/mol. The Morgan fingerprint density at radius 2 is 2.00 bits per heavy atom. The zero-order chi connectivity index (χ0) is 17.4. The van der Waals surface area contributed by atoms with E-state index in [1.165, 1.54) is 12.1 Å². The molecule has 1 aromatic carbocycles. The van der Waals surface area contributed by atoms with Crippen molar-refractivity contribution in [3.8, 4) is 0 Å². The van der Waals surface area contributed by atoms with Gasteiger partial charge in [0.25, 0.3) is 5.91 Å². The van der Waals surface area contributed by atoms with Gasteiger partial charge in [-0.25, -0.2) is 13.1 Å². The summed E-state index contributed by atoms with van der Waals surface area (Å²) in [4.78, 5) is 12.2. The van der Waals surface area contributed by atoms with Crippen LogP contribution >= 0.6 is 0 Å². The summed E-state index contributed by atoms with van der Waals surface area (Å²) >= 11 is 0. The molecule has 1 aromatic rings. The molecule has 0 aromatic heterocycles. The van der Waals surface area contributed by atoms with Crippen molar-refractivity contribution < 1.29 is 17.9 Å². The van der Waals surface area contributed by atoms with Crippen molar-refractivity contribution >= 4 is 15.9 Å². The van der Waals surface area contributed by atoms with E-state index in [9.17, 15) is 13.2 Å². The van der Waals surface area contributed by atoms with Gasteiger partial charge >= 0.3 is 0 Å². The fourth-order valence-electron chi connectivity index (χ4n) is 2.83. The summed E-state index contributed by atoms with van der Waals surface area (Å²) in [5.74, 6) is -0.277. The molecule has 0 radical (unpaired) electrons. The van der Waals surface area contributed by atoms with Crippen molar-refractivity contribution in [3.05, 3.63) is 29.8 Å². The van der Waals surface area contributed by atoms with Crippen LogP contribution in [0.4, 0.5) is 0 Å². The van der Waals surface area contributed by atoms with Gasteiger partial charge in [-0.1, -0.05) is 25.3 Å². The minimum absolute atomic E-state index is 0.00437. The van der Waals surface area contributed by atoms with Gasteiger partial charge in [0.1, 0.15) is 0 Å². The Labute approximate surface area is 144 Å². The smallest absolute Gasteiger partial charge is 0.251 e. The number of amides is 1. The molecule has 0 aliphatic heterocycles. The number of sulfonamides is 1. The highest BCUT2D eigenvalue weighted by molar-refractivity contribution is 7.89. The lowest BCUT2D eigenvalue weighted by Crippen LogP contribution is -2.36. The van der Waals surface area contributed by atoms with Crippen molar-refractivity contribution in [1.82, 2.24) is 10.0 Å². The number of nitrogens with one attached hydrogen (secondary N) is 2. The van der Waals surface area contributed by atoms with Crippen LogP contribution in [0.25, 0.3) is 0 Å². The lowest BCUT2D eigenvalue weighted by Gasteiger charge is -2.22. The number of rotatable bonds is 8. The molecule has 0 atom stereocenters. The normalized spacial score (nSPS) is 16.0. The highest BCUT2D eigenvalue weighted by Crippen LogP contribution is 2.20. The van der Waals surface area contributed by atoms with E-state index in [0.717, 1.165) is 32.1 Å². The number of methoxy groups -OCH3 is 1. The molecular weight excluding hydrogens is 328 g/mol. The van der Waals surface area contributed by atoms with Gasteiger partial charge in [-0.2, -0.15) is 0 Å². The van der Waals surface area contributed by atoms with E-state index < -0.39 is 10.0 Å². The molecule has 0 saturated heterocycles. The molecule has 2 N–H and O–H groups in total. The van der Waals surface area contributed by atoms with Gasteiger partial charge in [0.05, 0.1) is 4.90 Å². The molecule has 1 fully saturated rings. The van der Waals surface area contributed by atoms with E-state index in [4.69, 9.17) is 4.74 Å². The first-order chi connectivity index (χ1) is 11.5. The predicted octanol–water partition coefficient (Wildman–Crippen LogP) is 2.06. The summed E-state index contributed by atoms with van der Waals surface area (Å²) < 4.78 is 32.7. The maximum Gasteiger partial charge on any atom is 0.251 e. The van der Waals surface area contributed by atoms with Crippen LogP contribution in [0, 0.1) is 0 Å². The SMILES string of the molecule is COCCCNC(=O)c1cccc(S(=O)(=O)NC2CCCCC2)c1. The first kappa shape index (κ1) is 18.9. The van der Waals surface area contributed by atoms with E-state index in [2.05, 4.69) is 10.0 Å². The fourth-order valence-corrected chi connectivity index (χ4v) is 4.18. The average Bonchev–Trinajstić information content (AvgIpc) is 2.59. The van der Waals surface area contributed by atoms with Crippen LogP contribution in [-0.4, -0.2) is 40.6 Å². The molecule has 1 aliphatic carbocycles. The third kappa shape index (κ3) is 5.58. The first-order valence-corrected chi connectivity index (χ1v) is 9.91. The quantitative estimate of drug-likeness (QED) is 0.700. The third-order valence-corrected chi connectivity index (χ3v) is 5.66. The second kappa shape index (κ2) is 9.15. The van der Waals surface area contributed by atoms with Crippen LogP contribution in [0.3, 0.4) is 0 Å². The van der Waals surface area contributed by atoms with E-state index in [1.54, 1.807) is 19.2 Å². The Morgan fingerprint density at radius 3 is 2.71 bits per heavy atom. The maximum atomic E-state index is 12.5. The summed E-state index contributed by atoms with van der Waals surface area (Å²) in [5.41, 5.74) is 0.346. The number of carbonyl (C=O) groups excluding carboxylic acids is 1. The first-order valence-electron chi connectivity index (χ1n) is 8.42. The molecule has 0 heterocycles. The minimum atomic E-state index is -3.60. The van der Waals surface area contributed by atoms with Gasteiger partial charge < -0.3 is 10.1 Å². The fraction of sp³-hybridized carbons (Fsp3) is 0.588. The molecule has 1 amide bonds. The highest BCUT2D eigenvalue weighted by Gasteiger charge is 2.22. The van der Waals surface area contributed by atoms with Gasteiger partial charge in [0, 0.05) is 31.9 Å². The summed E-state index contributed by atoms with van der Waals surface area (Å²) in [6.07, 6.45) is 5.73. The van der Waals surface area contributed by atoms with Gasteiger partial charge in [0.2, 0.25) is 10.0 Å². The van der Waals surface area contributed by atoms with Gasteiger partial charge in [-0.3, -0.25) is 4.79 Å². The molecule has 1 saturated carbocycles. The summed E-state index contributed by atoms with van der Waals surface area (Å²) in [5, 5.41) is 2.76. The Morgan fingerprint density at radius 1 is 1.25 bits per heavy atom. The van der Waals surface area contributed by atoms with Gasteiger partial charge in [-0.05, 0) is 37.5 Å². The van der Waals surface area contributed by atoms with E-state index in [0.29, 0.717) is 25.1 Å². The Hall–Kier alpha value is -1.44. The standard InChI is InChI=1S/C17H26N2O4S/c1-23-12-6-11-18-17(20)14-7-5-10-16(13-14)24(21,22)19-15-8-3-2-4-9-15/h5,7,10,13,15,19H,2-4,6,8-9,11-12H2,1H3,(H,18,20). The number of ether oxygens (including phenoxy) is 1. The molecular formula is C17H26N2O4S. The molecule has 24 heavy (non-hydrogen) atoms. The maximum absolute atomic E-state index is 12.5. The average molecular weight is 354 g/mol. The summed E-state index contributed by atoms with van der Waals surface area (Å²) in [7, 11) is -1.99. The number of carbonyl (C=O) groups is 1. The lowest BCUT2D eigenvalue weighted by atomic mass is 9.96. The Bertz CT molecular complexity index is 640. The summed E-state index contributed by atoms with van der Waals surface area (Å²) in [6, 6.07) is 6.16. The Kier molecular flexibility index (Phi) is 7.20. The zero-order valence-corrected chi connectivity index (χ0v) is 14.9. The second-order valence-corrected chi connectivity index (χ2v) is 7.80. The van der Waals surface area contributed by atoms with Gasteiger partial charge in [0.15, 0.2) is 0 Å². The molecule has 7 heteroatoms. The lowest BCUT2D eigenvalue weighted by molar-refractivity contribution is 0.0948. The zero-order valence-electron chi connectivity index (χ0n) is 14.1. The van der Waals surface area contributed by atoms with Gasteiger partial charge in [-0.15, -0.1) is 0 Å². The van der Waals surface area contributed by atoms with Crippen LogP contribution in [0.1, 0.15) is 48.9 Å². The van der Waals surface area contributed by atoms with Crippen LogP contribution in [-0.2, 0) is 14.8 Å². The van der Waals surface area contributed by atoms with Crippen molar-refractivity contribution in [2.75, 3.05) is 20.3 Å². The Balaban J connectivity index is 2.01. The van der Waals surface area contributed by atoms with Crippen molar-refractivity contribution in [3.63, 3.8) is 0 Å². The molecule has 0 unspecified atom stereocenters. The molecule has 6 nitrogen and oxygen atoms in total. The molecule has 0 bridgehead atoms. The van der Waals surface area contributed by atoms with Crippen LogP contribution in [0.15, 0.2) is 29.2 Å². The number of hydrogen-bond acceptors (Lipinski definition) is 4. The molecule has 2 rings (SSSR count). The van der Waals surface area contributed by atoms with Crippen LogP contribution < -0.4 is 10.0 Å². The van der Waals surface area contributed by atoms with Crippen molar-refractivity contribution in [1.29, 1.82) is 0 Å². The highest BCUT2D eigenvalue weighted by atomic mass is 32.2. The van der Waals surface area contributed by atoms with Crippen molar-refractivity contribution in [2.45, 2.75) is 49.5 Å². The third-order valence-electron chi connectivity index (χ3n) is 4.14. The van der Waals surface area contributed by atoms with Crippen LogP contribution in [0.2, 0.25) is 0 Å². The topological polar surface area (TPSA) is 84.5 Å². The van der Waals surface area contributed by atoms with E-state index in [1.807, 2.05) is 0 Å². The number of hydrogen-bond donors (Lipinski definition) is 2. The molecule has 134 valence electrons. The van der Waals surface area contributed by atoms with E-state index >= 15 is 0 Å². The van der Waals surface area contributed by atoms with E-state index in [-0.39, 0.29) is 16.8 Å².